The van der Waals surface area contributed by atoms with E-state index in [-0.39, 0.29) is 36.4 Å². The minimum absolute atomic E-state index is 0.117. The molecule has 0 aliphatic rings. The molecular formula is C20H22N2O5. The van der Waals surface area contributed by atoms with Gasteiger partial charge < -0.3 is 21.3 Å². The summed E-state index contributed by atoms with van der Waals surface area (Å²) in [5.74, 6) is -1.96. The summed E-state index contributed by atoms with van der Waals surface area (Å²) in [5.41, 5.74) is 6.11. The Morgan fingerprint density at radius 1 is 0.963 bits per heavy atom. The molecule has 0 saturated carbocycles. The molecule has 0 aliphatic heterocycles. The fourth-order valence-corrected chi connectivity index (χ4v) is 2.66. The summed E-state index contributed by atoms with van der Waals surface area (Å²) in [5, 5.41) is 22.2. The van der Waals surface area contributed by atoms with Gasteiger partial charge >= 0.3 is 0 Å². The predicted molar refractivity (Wildman–Crippen MR) is 98.9 cm³/mol. The van der Waals surface area contributed by atoms with Crippen LogP contribution in [0.25, 0.3) is 0 Å². The molecule has 2 aromatic rings. The van der Waals surface area contributed by atoms with E-state index >= 15 is 0 Å². The van der Waals surface area contributed by atoms with Crippen molar-refractivity contribution in [3.8, 4) is 5.75 Å². The van der Waals surface area contributed by atoms with E-state index in [1.165, 1.54) is 12.1 Å². The number of aliphatic hydroxyl groups is 1. The Morgan fingerprint density at radius 2 is 1.59 bits per heavy atom. The molecule has 2 rings (SSSR count). The third-order valence-corrected chi connectivity index (χ3v) is 4.10. The van der Waals surface area contributed by atoms with Gasteiger partial charge in [0, 0.05) is 12.8 Å². The Bertz CT molecular complexity index is 807. The zero-order chi connectivity index (χ0) is 19.8. The second-order valence-electron chi connectivity index (χ2n) is 6.15. The number of amides is 2. The lowest BCUT2D eigenvalue weighted by atomic mass is 10.00. The minimum atomic E-state index is -1.55. The minimum Gasteiger partial charge on any atom is -0.507 e. The topological polar surface area (TPSA) is 130 Å². The Hall–Kier alpha value is -3.19. The highest BCUT2D eigenvalue weighted by Crippen LogP contribution is 2.18. The number of carbonyl (C=O) groups excluding carboxylic acids is 3. The van der Waals surface area contributed by atoms with E-state index in [2.05, 4.69) is 5.32 Å². The molecule has 0 bridgehead atoms. The average molecular weight is 370 g/mol. The van der Waals surface area contributed by atoms with Gasteiger partial charge in [-0.2, -0.15) is 0 Å². The summed E-state index contributed by atoms with van der Waals surface area (Å²) in [4.78, 5) is 35.7. The van der Waals surface area contributed by atoms with E-state index in [0.29, 0.717) is 0 Å². The molecule has 2 aromatic carbocycles. The lowest BCUT2D eigenvalue weighted by Crippen LogP contribution is -2.50. The SMILES string of the molecule is NC(=O)[C@H](O)[C@H](Cc1ccccc1)NC(=O)CCC(=O)c1ccccc1O. The van der Waals surface area contributed by atoms with Gasteiger partial charge in [-0.05, 0) is 24.1 Å². The molecule has 0 saturated heterocycles. The van der Waals surface area contributed by atoms with Crippen molar-refractivity contribution in [3.05, 3.63) is 65.7 Å². The number of carbonyl (C=O) groups is 3. The number of hydrogen-bond acceptors (Lipinski definition) is 5. The van der Waals surface area contributed by atoms with Gasteiger partial charge in [-0.1, -0.05) is 42.5 Å². The highest BCUT2D eigenvalue weighted by atomic mass is 16.3. The Labute approximate surface area is 156 Å². The van der Waals surface area contributed by atoms with Gasteiger partial charge in [0.1, 0.15) is 5.75 Å². The van der Waals surface area contributed by atoms with Gasteiger partial charge in [-0.3, -0.25) is 14.4 Å². The average Bonchev–Trinajstić information content (AvgIpc) is 2.66. The van der Waals surface area contributed by atoms with Crippen LogP contribution in [0.3, 0.4) is 0 Å². The van der Waals surface area contributed by atoms with Gasteiger partial charge in [-0.25, -0.2) is 0 Å². The van der Waals surface area contributed by atoms with Crippen molar-refractivity contribution < 1.29 is 24.6 Å². The van der Waals surface area contributed by atoms with Crippen LogP contribution in [0.2, 0.25) is 0 Å². The largest absolute Gasteiger partial charge is 0.507 e. The smallest absolute Gasteiger partial charge is 0.248 e. The third-order valence-electron chi connectivity index (χ3n) is 4.10. The molecule has 7 heteroatoms. The number of phenolic OH excluding ortho intramolecular Hbond substituents is 1. The van der Waals surface area contributed by atoms with Crippen LogP contribution in [0, 0.1) is 0 Å². The number of phenols is 1. The molecule has 0 spiro atoms. The maximum Gasteiger partial charge on any atom is 0.248 e. The number of nitrogens with one attached hydrogen (secondary N) is 1. The van der Waals surface area contributed by atoms with Crippen LogP contribution in [-0.4, -0.2) is 40.0 Å². The fraction of sp³-hybridized carbons (Fsp3) is 0.250. The van der Waals surface area contributed by atoms with E-state index in [1.807, 2.05) is 6.07 Å². The number of hydrogen-bond donors (Lipinski definition) is 4. The first-order valence-electron chi connectivity index (χ1n) is 8.50. The number of aromatic hydroxyl groups is 1. The number of ketones is 1. The molecule has 0 unspecified atom stereocenters. The summed E-state index contributed by atoms with van der Waals surface area (Å²) < 4.78 is 0. The van der Waals surface area contributed by atoms with Crippen LogP contribution < -0.4 is 11.1 Å². The Balaban J connectivity index is 1.97. The maximum atomic E-state index is 12.2. The van der Waals surface area contributed by atoms with Crippen molar-refractivity contribution in [1.82, 2.24) is 5.32 Å². The lowest BCUT2D eigenvalue weighted by Gasteiger charge is -2.22. The van der Waals surface area contributed by atoms with Gasteiger partial charge in [0.05, 0.1) is 11.6 Å². The van der Waals surface area contributed by atoms with Crippen molar-refractivity contribution in [1.29, 1.82) is 0 Å². The first kappa shape index (κ1) is 20.1. The van der Waals surface area contributed by atoms with Crippen LogP contribution in [-0.2, 0) is 16.0 Å². The van der Waals surface area contributed by atoms with Gasteiger partial charge in [0.2, 0.25) is 11.8 Å². The quantitative estimate of drug-likeness (QED) is 0.488. The van der Waals surface area contributed by atoms with E-state index < -0.39 is 24.0 Å². The highest BCUT2D eigenvalue weighted by molar-refractivity contribution is 6.00. The number of para-hydroxylation sites is 1. The Kier molecular flexibility index (Phi) is 7.08. The normalized spacial score (nSPS) is 12.8. The van der Waals surface area contributed by atoms with Crippen LogP contribution in [0.1, 0.15) is 28.8 Å². The van der Waals surface area contributed by atoms with Crippen LogP contribution in [0.15, 0.2) is 54.6 Å². The molecule has 5 N–H and O–H groups in total. The third kappa shape index (κ3) is 5.93. The van der Waals surface area contributed by atoms with Crippen LogP contribution >= 0.6 is 0 Å². The summed E-state index contributed by atoms with van der Waals surface area (Å²) >= 11 is 0. The summed E-state index contributed by atoms with van der Waals surface area (Å²) in [6.07, 6.45) is -1.61. The number of nitrogens with two attached hydrogens (primary N) is 1. The molecule has 0 aliphatic carbocycles. The number of primary amides is 1. The van der Waals surface area contributed by atoms with E-state index in [1.54, 1.807) is 36.4 Å². The van der Waals surface area contributed by atoms with Gasteiger partial charge in [0.15, 0.2) is 11.9 Å². The number of rotatable bonds is 9. The zero-order valence-corrected chi connectivity index (χ0v) is 14.7. The van der Waals surface area contributed by atoms with Gasteiger partial charge in [-0.15, -0.1) is 0 Å². The standard InChI is InChI=1S/C20H22N2O5/c21-20(27)19(26)15(12-13-6-2-1-3-7-13)22-18(25)11-10-17(24)14-8-4-5-9-16(14)23/h1-9,15,19,23,26H,10-12H2,(H2,21,27)(H,22,25)/t15-,19+/m0/s1. The van der Waals surface area contributed by atoms with Crippen LogP contribution in [0.4, 0.5) is 0 Å². The van der Waals surface area contributed by atoms with E-state index in [0.717, 1.165) is 5.56 Å². The molecule has 142 valence electrons. The molecule has 7 nitrogen and oxygen atoms in total. The predicted octanol–water partition coefficient (Wildman–Crippen LogP) is 0.929. The van der Waals surface area contributed by atoms with Gasteiger partial charge in [0.25, 0.3) is 0 Å². The number of aliphatic hydroxyl groups excluding tert-OH is 1. The van der Waals surface area contributed by atoms with Crippen molar-refractivity contribution >= 4 is 17.6 Å². The van der Waals surface area contributed by atoms with Crippen molar-refractivity contribution in [2.45, 2.75) is 31.4 Å². The first-order valence-corrected chi connectivity index (χ1v) is 8.50. The molecule has 0 fully saturated rings. The maximum absolute atomic E-state index is 12.2. The molecule has 0 radical (unpaired) electrons. The first-order chi connectivity index (χ1) is 12.9. The molecule has 0 aromatic heterocycles. The number of Topliss-reactive ketones (excluding diaryl/α,β-unsaturated/α-hetero) is 1. The highest BCUT2D eigenvalue weighted by Gasteiger charge is 2.26. The molecule has 2 amide bonds. The zero-order valence-electron chi connectivity index (χ0n) is 14.7. The number of benzene rings is 2. The summed E-state index contributed by atoms with van der Waals surface area (Å²) in [7, 11) is 0. The molecule has 0 heterocycles. The van der Waals surface area contributed by atoms with Crippen molar-refractivity contribution in [3.63, 3.8) is 0 Å². The van der Waals surface area contributed by atoms with Crippen LogP contribution in [0.5, 0.6) is 5.75 Å². The monoisotopic (exact) mass is 370 g/mol. The van der Waals surface area contributed by atoms with Crippen molar-refractivity contribution in [2.75, 3.05) is 0 Å². The van der Waals surface area contributed by atoms with E-state index in [4.69, 9.17) is 5.73 Å². The molecule has 2 atom stereocenters. The fourth-order valence-electron chi connectivity index (χ4n) is 2.66. The van der Waals surface area contributed by atoms with E-state index in [9.17, 15) is 24.6 Å². The molecule has 27 heavy (non-hydrogen) atoms. The second kappa shape index (κ2) is 9.49. The summed E-state index contributed by atoms with van der Waals surface area (Å²) in [6.45, 7) is 0. The van der Waals surface area contributed by atoms with Crippen molar-refractivity contribution in [2.24, 2.45) is 5.73 Å². The Morgan fingerprint density at radius 3 is 2.22 bits per heavy atom. The summed E-state index contributed by atoms with van der Waals surface area (Å²) in [6, 6.07) is 14.2. The lowest BCUT2D eigenvalue weighted by molar-refractivity contribution is -0.129. The second-order valence-corrected chi connectivity index (χ2v) is 6.15. The molecular weight excluding hydrogens is 348 g/mol.